The van der Waals surface area contributed by atoms with Crippen molar-refractivity contribution in [3.63, 3.8) is 0 Å². The standard InChI is InChI=1S/C22H25F3N4O3/c23-22(24,25)17-7-8-19(26-14-17)29-10-4-9-28(11-12-29)15-16(21(31)32)13-20(30)27-18-5-2-1-3-6-18/h1-3,5-8,14,16H,4,9-13,15H2,(H,27,30)(H,31,32)/t16-/m1/s1. The van der Waals surface area contributed by atoms with Crippen LogP contribution in [0.3, 0.4) is 0 Å². The average molecular weight is 450 g/mol. The average Bonchev–Trinajstić information content (AvgIpc) is 2.99. The zero-order valence-electron chi connectivity index (χ0n) is 17.4. The fraction of sp³-hybridized carbons (Fsp3) is 0.409. The molecule has 1 fully saturated rings. The third-order valence-corrected chi connectivity index (χ3v) is 5.30. The number of para-hydroxylation sites is 1. The third-order valence-electron chi connectivity index (χ3n) is 5.30. The zero-order chi connectivity index (χ0) is 23.1. The van der Waals surface area contributed by atoms with Gasteiger partial charge in [-0.2, -0.15) is 13.2 Å². The monoisotopic (exact) mass is 450 g/mol. The third kappa shape index (κ3) is 6.68. The lowest BCUT2D eigenvalue weighted by Gasteiger charge is -2.25. The molecule has 2 aromatic rings. The van der Waals surface area contributed by atoms with E-state index in [0.717, 1.165) is 12.3 Å². The molecule has 172 valence electrons. The van der Waals surface area contributed by atoms with E-state index >= 15 is 0 Å². The molecule has 0 unspecified atom stereocenters. The minimum Gasteiger partial charge on any atom is -0.481 e. The number of carboxylic acids is 1. The molecular formula is C22H25F3N4O3. The first kappa shape index (κ1) is 23.5. The van der Waals surface area contributed by atoms with Gasteiger partial charge in [0.15, 0.2) is 0 Å². The molecule has 0 spiro atoms. The Balaban J connectivity index is 1.55. The highest BCUT2D eigenvalue weighted by Gasteiger charge is 2.31. The SMILES string of the molecule is O=C(C[C@H](CN1CCCN(c2ccc(C(F)(F)F)cn2)CC1)C(=O)O)Nc1ccccc1. The Morgan fingerprint density at radius 2 is 1.81 bits per heavy atom. The summed E-state index contributed by atoms with van der Waals surface area (Å²) >= 11 is 0. The first-order valence-corrected chi connectivity index (χ1v) is 10.3. The fourth-order valence-corrected chi connectivity index (χ4v) is 3.62. The Morgan fingerprint density at radius 1 is 1.06 bits per heavy atom. The highest BCUT2D eigenvalue weighted by Crippen LogP contribution is 2.29. The van der Waals surface area contributed by atoms with Gasteiger partial charge < -0.3 is 20.2 Å². The number of nitrogens with one attached hydrogen (secondary N) is 1. The Morgan fingerprint density at radius 3 is 2.44 bits per heavy atom. The van der Waals surface area contributed by atoms with E-state index in [1.807, 2.05) is 15.9 Å². The molecule has 7 nitrogen and oxygen atoms in total. The van der Waals surface area contributed by atoms with Gasteiger partial charge in [-0.1, -0.05) is 18.2 Å². The van der Waals surface area contributed by atoms with Crippen LogP contribution in [0.2, 0.25) is 0 Å². The maximum absolute atomic E-state index is 12.7. The molecule has 10 heteroatoms. The summed E-state index contributed by atoms with van der Waals surface area (Å²) in [5.74, 6) is -1.82. The smallest absolute Gasteiger partial charge is 0.417 e. The van der Waals surface area contributed by atoms with Crippen molar-refractivity contribution >= 4 is 23.4 Å². The largest absolute Gasteiger partial charge is 0.481 e. The van der Waals surface area contributed by atoms with Crippen LogP contribution in [0.5, 0.6) is 0 Å². The molecule has 1 aromatic heterocycles. The van der Waals surface area contributed by atoms with E-state index < -0.39 is 23.6 Å². The second kappa shape index (κ2) is 10.4. The summed E-state index contributed by atoms with van der Waals surface area (Å²) in [6.45, 7) is 2.46. The van der Waals surface area contributed by atoms with Crippen LogP contribution in [-0.4, -0.2) is 59.6 Å². The van der Waals surface area contributed by atoms with Gasteiger partial charge in [0.2, 0.25) is 5.91 Å². The summed E-state index contributed by atoms with van der Waals surface area (Å²) < 4.78 is 38.2. The van der Waals surface area contributed by atoms with Crippen molar-refractivity contribution in [1.29, 1.82) is 0 Å². The lowest BCUT2D eigenvalue weighted by atomic mass is 10.0. The van der Waals surface area contributed by atoms with Crippen LogP contribution in [0.4, 0.5) is 24.7 Å². The number of hydrogen-bond acceptors (Lipinski definition) is 5. The predicted octanol–water partition coefficient (Wildman–Crippen LogP) is 3.34. The van der Waals surface area contributed by atoms with Gasteiger partial charge in [0.25, 0.3) is 0 Å². The van der Waals surface area contributed by atoms with Gasteiger partial charge in [-0.15, -0.1) is 0 Å². The molecule has 1 aliphatic heterocycles. The molecule has 3 rings (SSSR count). The van der Waals surface area contributed by atoms with Crippen LogP contribution >= 0.6 is 0 Å². The number of pyridine rings is 1. The number of anilines is 2. The van der Waals surface area contributed by atoms with Crippen molar-refractivity contribution in [2.75, 3.05) is 42.9 Å². The minimum absolute atomic E-state index is 0.148. The number of aromatic nitrogens is 1. The van der Waals surface area contributed by atoms with Gasteiger partial charge >= 0.3 is 12.1 Å². The van der Waals surface area contributed by atoms with E-state index in [-0.39, 0.29) is 18.9 Å². The summed E-state index contributed by atoms with van der Waals surface area (Å²) in [6, 6.07) is 11.2. The van der Waals surface area contributed by atoms with Gasteiger partial charge in [0, 0.05) is 44.5 Å². The van der Waals surface area contributed by atoms with Crippen molar-refractivity contribution in [1.82, 2.24) is 9.88 Å². The Bertz CT molecular complexity index is 907. The predicted molar refractivity (Wildman–Crippen MR) is 113 cm³/mol. The first-order valence-electron chi connectivity index (χ1n) is 10.3. The summed E-state index contributed by atoms with van der Waals surface area (Å²) in [5.41, 5.74) is -0.188. The highest BCUT2D eigenvalue weighted by molar-refractivity contribution is 5.93. The fourth-order valence-electron chi connectivity index (χ4n) is 3.62. The summed E-state index contributed by atoms with van der Waals surface area (Å²) in [6.07, 6.45) is -3.06. The molecule has 1 atom stereocenters. The number of hydrogen-bond donors (Lipinski definition) is 2. The van der Waals surface area contributed by atoms with Crippen molar-refractivity contribution in [2.24, 2.45) is 5.92 Å². The number of carbonyl (C=O) groups excluding carboxylic acids is 1. The Hall–Kier alpha value is -3.14. The molecule has 32 heavy (non-hydrogen) atoms. The molecular weight excluding hydrogens is 425 g/mol. The molecule has 1 aliphatic rings. The van der Waals surface area contributed by atoms with Gasteiger partial charge in [-0.3, -0.25) is 9.59 Å². The van der Waals surface area contributed by atoms with E-state index in [1.165, 1.54) is 6.07 Å². The number of amides is 1. The van der Waals surface area contributed by atoms with Crippen LogP contribution in [0.15, 0.2) is 48.7 Å². The van der Waals surface area contributed by atoms with Gasteiger partial charge in [-0.05, 0) is 37.2 Å². The van der Waals surface area contributed by atoms with Gasteiger partial charge in [0.05, 0.1) is 11.5 Å². The van der Waals surface area contributed by atoms with Gasteiger partial charge in [-0.25, -0.2) is 4.98 Å². The number of carboxylic acid groups (broad SMARTS) is 1. The van der Waals surface area contributed by atoms with Crippen LogP contribution in [0, 0.1) is 5.92 Å². The molecule has 2 N–H and O–H groups in total. The molecule has 1 saturated heterocycles. The lowest BCUT2D eigenvalue weighted by molar-refractivity contribution is -0.144. The Labute approximate surface area is 183 Å². The van der Waals surface area contributed by atoms with E-state index in [4.69, 9.17) is 0 Å². The number of alkyl halides is 3. The highest BCUT2D eigenvalue weighted by atomic mass is 19.4. The van der Waals surface area contributed by atoms with E-state index in [9.17, 15) is 27.9 Å². The summed E-state index contributed by atoms with van der Waals surface area (Å²) in [7, 11) is 0. The quantitative estimate of drug-likeness (QED) is 0.673. The second-order valence-electron chi connectivity index (χ2n) is 7.70. The van der Waals surface area contributed by atoms with Crippen molar-refractivity contribution < 1.29 is 27.9 Å². The maximum Gasteiger partial charge on any atom is 0.417 e. The van der Waals surface area contributed by atoms with Crippen LogP contribution in [-0.2, 0) is 15.8 Å². The first-order chi connectivity index (χ1) is 15.2. The maximum atomic E-state index is 12.7. The lowest BCUT2D eigenvalue weighted by Crippen LogP contribution is -2.37. The number of rotatable bonds is 7. The number of benzene rings is 1. The van der Waals surface area contributed by atoms with Gasteiger partial charge in [0.1, 0.15) is 5.82 Å². The van der Waals surface area contributed by atoms with Crippen LogP contribution in [0.25, 0.3) is 0 Å². The number of carbonyl (C=O) groups is 2. The topological polar surface area (TPSA) is 85.8 Å². The summed E-state index contributed by atoms with van der Waals surface area (Å²) in [5, 5.41) is 12.3. The summed E-state index contributed by atoms with van der Waals surface area (Å²) in [4.78, 5) is 31.8. The number of aliphatic carboxylic acids is 1. The molecule has 2 heterocycles. The van der Waals surface area contributed by atoms with E-state index in [2.05, 4.69) is 10.3 Å². The van der Waals surface area contributed by atoms with E-state index in [1.54, 1.807) is 24.3 Å². The number of halogens is 3. The van der Waals surface area contributed by atoms with Crippen molar-refractivity contribution in [3.05, 3.63) is 54.2 Å². The second-order valence-corrected chi connectivity index (χ2v) is 7.70. The van der Waals surface area contributed by atoms with Crippen molar-refractivity contribution in [2.45, 2.75) is 19.0 Å². The van der Waals surface area contributed by atoms with Crippen LogP contribution in [0.1, 0.15) is 18.4 Å². The molecule has 1 aromatic carbocycles. The Kier molecular flexibility index (Phi) is 7.68. The molecule has 1 amide bonds. The van der Waals surface area contributed by atoms with Crippen LogP contribution < -0.4 is 10.2 Å². The minimum atomic E-state index is -4.43. The zero-order valence-corrected chi connectivity index (χ0v) is 17.4. The van der Waals surface area contributed by atoms with Crippen molar-refractivity contribution in [3.8, 4) is 0 Å². The molecule has 0 saturated carbocycles. The molecule has 0 radical (unpaired) electrons. The normalized spacial score (nSPS) is 16.3. The molecule has 0 bridgehead atoms. The number of nitrogens with zero attached hydrogens (tertiary/aromatic N) is 3. The molecule has 0 aliphatic carbocycles. The van der Waals surface area contributed by atoms with E-state index in [0.29, 0.717) is 44.1 Å².